The van der Waals surface area contributed by atoms with E-state index in [1.807, 2.05) is 43.3 Å². The lowest BCUT2D eigenvalue weighted by molar-refractivity contribution is -0.149. The molecule has 4 N–H and O–H groups in total. The smallest absolute Gasteiger partial charge is 0.304 e. The van der Waals surface area contributed by atoms with Crippen molar-refractivity contribution in [2.75, 3.05) is 20.2 Å². The van der Waals surface area contributed by atoms with Crippen LogP contribution in [0.1, 0.15) is 39.2 Å². The summed E-state index contributed by atoms with van der Waals surface area (Å²) in [6.45, 7) is 2.32. The van der Waals surface area contributed by atoms with Gasteiger partial charge in [-0.25, -0.2) is 4.98 Å². The Morgan fingerprint density at radius 3 is 2.26 bits per heavy atom. The third kappa shape index (κ3) is 7.43. The van der Waals surface area contributed by atoms with Gasteiger partial charge >= 0.3 is 5.97 Å². The van der Waals surface area contributed by atoms with Gasteiger partial charge in [-0.3, -0.25) is 19.2 Å². The number of likely N-dealkylation sites (tertiary alicyclic amines) is 1. The number of imidazole rings is 1. The van der Waals surface area contributed by atoms with Gasteiger partial charge in [0.1, 0.15) is 17.8 Å². The Morgan fingerprint density at radius 2 is 1.63 bits per heavy atom. The average molecular weight is 624 g/mol. The van der Waals surface area contributed by atoms with Gasteiger partial charge in [0.05, 0.1) is 25.6 Å². The van der Waals surface area contributed by atoms with E-state index in [2.05, 4.69) is 20.6 Å². The number of H-pyrrole nitrogens is 1. The lowest BCUT2D eigenvalue weighted by atomic mass is 9.69. The number of benzene rings is 3. The predicted molar refractivity (Wildman–Crippen MR) is 170 cm³/mol. The number of aromatic amines is 1. The Balaban J connectivity index is 1.39. The number of carbonyl (C=O) groups excluding carboxylic acids is 3. The zero-order chi connectivity index (χ0) is 32.7. The van der Waals surface area contributed by atoms with Crippen LogP contribution in [0.25, 0.3) is 0 Å². The Labute approximate surface area is 267 Å². The summed E-state index contributed by atoms with van der Waals surface area (Å²) in [5.74, 6) is -1.62. The van der Waals surface area contributed by atoms with Crippen molar-refractivity contribution in [3.8, 4) is 5.75 Å². The van der Waals surface area contributed by atoms with Gasteiger partial charge in [0.2, 0.25) is 11.8 Å². The normalized spacial score (nSPS) is 14.8. The van der Waals surface area contributed by atoms with Crippen LogP contribution in [0.4, 0.5) is 0 Å². The van der Waals surface area contributed by atoms with E-state index in [4.69, 9.17) is 4.74 Å². The van der Waals surface area contributed by atoms with Gasteiger partial charge in [0.25, 0.3) is 5.91 Å². The summed E-state index contributed by atoms with van der Waals surface area (Å²) in [4.78, 5) is 61.7. The molecule has 4 aromatic rings. The molecule has 0 radical (unpaired) electrons. The van der Waals surface area contributed by atoms with E-state index >= 15 is 0 Å². The van der Waals surface area contributed by atoms with Crippen LogP contribution in [0.3, 0.4) is 0 Å². The van der Waals surface area contributed by atoms with Crippen LogP contribution in [0, 0.1) is 6.92 Å². The third-order valence-corrected chi connectivity index (χ3v) is 8.34. The lowest BCUT2D eigenvalue weighted by Gasteiger charge is -2.51. The molecule has 2 heterocycles. The first-order valence-corrected chi connectivity index (χ1v) is 15.0. The quantitative estimate of drug-likeness (QED) is 0.179. The van der Waals surface area contributed by atoms with Crippen molar-refractivity contribution in [1.82, 2.24) is 25.5 Å². The first-order valence-electron chi connectivity index (χ1n) is 15.0. The minimum absolute atomic E-state index is 0.0933. The van der Waals surface area contributed by atoms with E-state index in [0.717, 1.165) is 16.7 Å². The fraction of sp³-hybridized carbons (Fsp3) is 0.286. The molecule has 1 aliphatic rings. The van der Waals surface area contributed by atoms with E-state index in [0.29, 0.717) is 17.0 Å². The monoisotopic (exact) mass is 623 g/mol. The Morgan fingerprint density at radius 1 is 0.935 bits per heavy atom. The average Bonchev–Trinajstić information content (AvgIpc) is 3.56. The molecule has 0 aliphatic carbocycles. The maximum absolute atomic E-state index is 14.1. The Kier molecular flexibility index (Phi) is 9.80. The second kappa shape index (κ2) is 14.1. The lowest BCUT2D eigenvalue weighted by Crippen LogP contribution is -2.66. The summed E-state index contributed by atoms with van der Waals surface area (Å²) in [6.07, 6.45) is 3.26. The van der Waals surface area contributed by atoms with Gasteiger partial charge in [-0.2, -0.15) is 0 Å². The van der Waals surface area contributed by atoms with E-state index in [-0.39, 0.29) is 38.3 Å². The number of ether oxygens (including phenoxy) is 1. The van der Waals surface area contributed by atoms with Gasteiger partial charge in [0.15, 0.2) is 0 Å². The number of rotatable bonds is 13. The second-order valence-electron chi connectivity index (χ2n) is 11.6. The van der Waals surface area contributed by atoms with Crippen LogP contribution < -0.4 is 15.4 Å². The molecule has 3 aromatic carbocycles. The summed E-state index contributed by atoms with van der Waals surface area (Å²) in [7, 11) is 1.56. The van der Waals surface area contributed by atoms with Gasteiger partial charge in [-0.15, -0.1) is 0 Å². The number of amides is 3. The maximum atomic E-state index is 14.1. The first kappa shape index (κ1) is 32.0. The standard InChI is InChI=1S/C35H37N5O6/c1-23-8-6-7-11-28(23)35(18-31(41)42)20-40(21-35)34(45)30(16-24-12-14-27(46-2)15-13-24)39-33(44)29(17-26-19-36-22-37-26)38-32(43)25-9-4-3-5-10-25/h3-15,19,22,29-30H,16-18,20-21H2,1-2H3,(H,36,37)(H,38,43)(H,39,44)(H,41,42). The molecular weight excluding hydrogens is 586 g/mol. The molecule has 2 atom stereocenters. The van der Waals surface area contributed by atoms with Crippen LogP contribution in [0.5, 0.6) is 5.75 Å². The summed E-state index contributed by atoms with van der Waals surface area (Å²) in [6, 6.07) is 21.3. The SMILES string of the molecule is COc1ccc(CC(NC(=O)C(Cc2c[nH]cn2)NC(=O)c2ccccc2)C(=O)N2CC(CC(=O)O)(c3ccccc3C)C2)cc1. The molecule has 2 unspecified atom stereocenters. The van der Waals surface area contributed by atoms with Crippen molar-refractivity contribution < 1.29 is 29.0 Å². The third-order valence-electron chi connectivity index (χ3n) is 8.34. The van der Waals surface area contributed by atoms with Crippen molar-refractivity contribution in [1.29, 1.82) is 0 Å². The van der Waals surface area contributed by atoms with E-state index in [1.54, 1.807) is 60.7 Å². The van der Waals surface area contributed by atoms with Gasteiger partial charge in [-0.1, -0.05) is 54.6 Å². The van der Waals surface area contributed by atoms with Crippen LogP contribution in [0.15, 0.2) is 91.4 Å². The van der Waals surface area contributed by atoms with Gasteiger partial charge in [-0.05, 0) is 47.9 Å². The maximum Gasteiger partial charge on any atom is 0.304 e. The number of hydrogen-bond donors (Lipinski definition) is 4. The van der Waals surface area contributed by atoms with Crippen molar-refractivity contribution in [2.24, 2.45) is 0 Å². The van der Waals surface area contributed by atoms with Crippen molar-refractivity contribution in [3.63, 3.8) is 0 Å². The number of aromatic nitrogens is 2. The number of hydrogen-bond acceptors (Lipinski definition) is 6. The highest BCUT2D eigenvalue weighted by Gasteiger charge is 2.49. The minimum atomic E-state index is -1.03. The molecule has 238 valence electrons. The highest BCUT2D eigenvalue weighted by molar-refractivity contribution is 5.98. The number of carboxylic acid groups (broad SMARTS) is 1. The number of aliphatic carboxylic acids is 1. The molecule has 3 amide bonds. The van der Waals surface area contributed by atoms with E-state index in [1.165, 1.54) is 6.33 Å². The molecule has 1 aromatic heterocycles. The predicted octanol–water partition coefficient (Wildman–Crippen LogP) is 3.05. The fourth-order valence-electron chi connectivity index (χ4n) is 6.02. The van der Waals surface area contributed by atoms with E-state index in [9.17, 15) is 24.3 Å². The molecule has 0 saturated carbocycles. The van der Waals surface area contributed by atoms with Gasteiger partial charge < -0.3 is 30.4 Å². The summed E-state index contributed by atoms with van der Waals surface area (Å²) < 4.78 is 5.27. The topological polar surface area (TPSA) is 154 Å². The molecule has 1 fully saturated rings. The summed E-state index contributed by atoms with van der Waals surface area (Å²) in [5.41, 5.74) is 2.83. The molecule has 11 heteroatoms. The van der Waals surface area contributed by atoms with Crippen LogP contribution in [-0.4, -0.2) is 75.9 Å². The molecule has 11 nitrogen and oxygen atoms in total. The van der Waals surface area contributed by atoms with E-state index < -0.39 is 35.3 Å². The highest BCUT2D eigenvalue weighted by atomic mass is 16.5. The van der Waals surface area contributed by atoms with Gasteiger partial charge in [0, 0.05) is 43.1 Å². The van der Waals surface area contributed by atoms with Crippen molar-refractivity contribution >= 4 is 23.7 Å². The summed E-state index contributed by atoms with van der Waals surface area (Å²) >= 11 is 0. The number of nitrogens with zero attached hydrogens (tertiary/aromatic N) is 2. The number of carboxylic acids is 1. The molecule has 1 aliphatic heterocycles. The highest BCUT2D eigenvalue weighted by Crippen LogP contribution is 2.40. The number of carbonyl (C=O) groups is 4. The molecule has 5 rings (SSSR count). The van der Waals surface area contributed by atoms with Crippen LogP contribution in [0.2, 0.25) is 0 Å². The van der Waals surface area contributed by atoms with Crippen LogP contribution >= 0.6 is 0 Å². The molecular formula is C35H37N5O6. The number of methoxy groups -OCH3 is 1. The summed E-state index contributed by atoms with van der Waals surface area (Å²) in [5, 5.41) is 15.5. The largest absolute Gasteiger partial charge is 0.497 e. The number of aryl methyl sites for hydroxylation is 1. The Hall–Kier alpha value is -5.45. The minimum Gasteiger partial charge on any atom is -0.497 e. The number of nitrogens with one attached hydrogen (secondary N) is 3. The van der Waals surface area contributed by atoms with Crippen molar-refractivity contribution in [2.45, 2.75) is 43.7 Å². The van der Waals surface area contributed by atoms with Crippen molar-refractivity contribution in [3.05, 3.63) is 119 Å². The fourth-order valence-corrected chi connectivity index (χ4v) is 6.02. The Bertz CT molecular complexity index is 1670. The van der Waals surface area contributed by atoms with Crippen LogP contribution in [-0.2, 0) is 32.6 Å². The molecule has 0 spiro atoms. The first-order chi connectivity index (χ1) is 22.2. The molecule has 0 bridgehead atoms. The second-order valence-corrected chi connectivity index (χ2v) is 11.6. The molecule has 46 heavy (non-hydrogen) atoms. The zero-order valence-corrected chi connectivity index (χ0v) is 25.7. The zero-order valence-electron chi connectivity index (χ0n) is 25.7. The molecule has 1 saturated heterocycles.